The fourth-order valence-corrected chi connectivity index (χ4v) is 5.33. The summed E-state index contributed by atoms with van der Waals surface area (Å²) < 4.78 is 0. The first kappa shape index (κ1) is 34.7. The van der Waals surface area contributed by atoms with Crippen LogP contribution in [0.5, 0.6) is 0 Å². The molecule has 0 radical (unpaired) electrons. The van der Waals surface area contributed by atoms with Gasteiger partial charge in [0, 0.05) is 6.04 Å². The Morgan fingerprint density at radius 2 is 0.686 bits per heavy atom. The molecular formula is C34H69N. The van der Waals surface area contributed by atoms with Crippen LogP contribution in [0.15, 0.2) is 12.2 Å². The normalized spacial score (nSPS) is 12.8. The van der Waals surface area contributed by atoms with Crippen LogP contribution in [0.4, 0.5) is 0 Å². The van der Waals surface area contributed by atoms with Crippen molar-refractivity contribution in [1.29, 1.82) is 0 Å². The zero-order valence-electron chi connectivity index (χ0n) is 25.3. The molecule has 0 rings (SSSR count). The molecule has 0 aliphatic rings. The van der Waals surface area contributed by atoms with E-state index in [1.54, 1.807) is 0 Å². The Hall–Kier alpha value is -0.300. The largest absolute Gasteiger partial charge is 0.306 e. The summed E-state index contributed by atoms with van der Waals surface area (Å²) in [5, 5.41) is 0. The van der Waals surface area contributed by atoms with Gasteiger partial charge in [-0.05, 0) is 52.6 Å². The van der Waals surface area contributed by atoms with Crippen molar-refractivity contribution in [3.63, 3.8) is 0 Å². The smallest absolute Gasteiger partial charge is 0.00891 e. The van der Waals surface area contributed by atoms with E-state index in [1.807, 2.05) is 0 Å². The number of allylic oxidation sites excluding steroid dienone is 2. The van der Waals surface area contributed by atoms with Gasteiger partial charge in [0.2, 0.25) is 0 Å². The summed E-state index contributed by atoms with van der Waals surface area (Å²) >= 11 is 0. The minimum Gasteiger partial charge on any atom is -0.306 e. The lowest BCUT2D eigenvalue weighted by molar-refractivity contribution is 0.251. The maximum absolute atomic E-state index is 2.49. The quantitative estimate of drug-likeness (QED) is 0.0742. The fraction of sp³-hybridized carbons (Fsp3) is 0.941. The van der Waals surface area contributed by atoms with Crippen molar-refractivity contribution in [2.24, 2.45) is 0 Å². The highest BCUT2D eigenvalue weighted by molar-refractivity contribution is 4.81. The van der Waals surface area contributed by atoms with Crippen molar-refractivity contribution in [2.75, 3.05) is 14.1 Å². The molecule has 0 aliphatic carbocycles. The van der Waals surface area contributed by atoms with Gasteiger partial charge >= 0.3 is 0 Å². The first-order valence-corrected chi connectivity index (χ1v) is 16.5. The SMILES string of the molecule is CCCCCCCC/C=C\CCCCCCCCCC(CCCCCCCCCCCC)N(C)C. The van der Waals surface area contributed by atoms with E-state index >= 15 is 0 Å². The standard InChI is InChI=1S/C34H69N/c1-5-7-9-11-13-15-17-18-19-20-21-22-23-25-27-29-31-33-34(35(3)4)32-30-28-26-24-16-14-12-10-8-6-2/h18-19,34H,5-17,20-33H2,1-4H3/b19-18-. The summed E-state index contributed by atoms with van der Waals surface area (Å²) in [6.45, 7) is 4.60. The van der Waals surface area contributed by atoms with Crippen LogP contribution in [-0.4, -0.2) is 25.0 Å². The van der Waals surface area contributed by atoms with Crippen molar-refractivity contribution in [2.45, 2.75) is 193 Å². The minimum absolute atomic E-state index is 0.812. The first-order chi connectivity index (χ1) is 17.2. The lowest BCUT2D eigenvalue weighted by Gasteiger charge is -2.24. The third-order valence-corrected chi connectivity index (χ3v) is 7.92. The molecule has 0 amide bonds. The Balaban J connectivity index is 3.42. The Morgan fingerprint density at radius 3 is 1.00 bits per heavy atom. The maximum Gasteiger partial charge on any atom is 0.00891 e. The molecule has 0 aromatic carbocycles. The van der Waals surface area contributed by atoms with E-state index in [0.717, 1.165) is 6.04 Å². The molecule has 1 atom stereocenters. The van der Waals surface area contributed by atoms with Gasteiger partial charge in [-0.2, -0.15) is 0 Å². The van der Waals surface area contributed by atoms with E-state index in [2.05, 4.69) is 45.0 Å². The van der Waals surface area contributed by atoms with Crippen molar-refractivity contribution in [3.8, 4) is 0 Å². The average molecular weight is 492 g/mol. The number of unbranched alkanes of at least 4 members (excludes halogenated alkanes) is 22. The van der Waals surface area contributed by atoms with Gasteiger partial charge in [0.15, 0.2) is 0 Å². The molecule has 1 heteroatoms. The van der Waals surface area contributed by atoms with Gasteiger partial charge < -0.3 is 4.90 Å². The minimum atomic E-state index is 0.812. The second-order valence-corrected chi connectivity index (χ2v) is 11.7. The topological polar surface area (TPSA) is 3.24 Å². The number of nitrogens with zero attached hydrogens (tertiary/aromatic N) is 1. The van der Waals surface area contributed by atoms with Crippen LogP contribution in [0.1, 0.15) is 187 Å². The molecule has 1 nitrogen and oxygen atoms in total. The highest BCUT2D eigenvalue weighted by atomic mass is 15.1. The molecule has 0 fully saturated rings. The van der Waals surface area contributed by atoms with E-state index in [-0.39, 0.29) is 0 Å². The van der Waals surface area contributed by atoms with Gasteiger partial charge in [-0.3, -0.25) is 0 Å². The fourth-order valence-electron chi connectivity index (χ4n) is 5.33. The van der Waals surface area contributed by atoms with Crippen molar-refractivity contribution < 1.29 is 0 Å². The summed E-state index contributed by atoms with van der Waals surface area (Å²) in [6, 6.07) is 0.812. The Kier molecular flexibility index (Phi) is 29.7. The molecule has 1 unspecified atom stereocenters. The van der Waals surface area contributed by atoms with Crippen LogP contribution < -0.4 is 0 Å². The van der Waals surface area contributed by atoms with Crippen LogP contribution in [0.2, 0.25) is 0 Å². The lowest BCUT2D eigenvalue weighted by Crippen LogP contribution is -2.27. The molecule has 0 aliphatic heterocycles. The van der Waals surface area contributed by atoms with Crippen LogP contribution in [-0.2, 0) is 0 Å². The predicted molar refractivity (Wildman–Crippen MR) is 163 cm³/mol. The molecule has 210 valence electrons. The van der Waals surface area contributed by atoms with Crippen molar-refractivity contribution >= 4 is 0 Å². The monoisotopic (exact) mass is 492 g/mol. The number of hydrogen-bond donors (Lipinski definition) is 0. The molecule has 35 heavy (non-hydrogen) atoms. The summed E-state index contributed by atoms with van der Waals surface area (Å²) in [5.41, 5.74) is 0. The molecule has 0 aromatic rings. The second-order valence-electron chi connectivity index (χ2n) is 11.7. The Bertz CT molecular complexity index is 399. The van der Waals surface area contributed by atoms with Crippen LogP contribution in [0.25, 0.3) is 0 Å². The summed E-state index contributed by atoms with van der Waals surface area (Å²) in [6.07, 6.45) is 43.3. The first-order valence-electron chi connectivity index (χ1n) is 16.5. The molecule has 0 aromatic heterocycles. The third kappa shape index (κ3) is 28.1. The predicted octanol–water partition coefficient (Wildman–Crippen LogP) is 12.0. The highest BCUT2D eigenvalue weighted by Gasteiger charge is 2.10. The van der Waals surface area contributed by atoms with Gasteiger partial charge in [0.1, 0.15) is 0 Å². The molecule has 0 saturated heterocycles. The maximum atomic E-state index is 2.49. The zero-order valence-corrected chi connectivity index (χ0v) is 25.3. The lowest BCUT2D eigenvalue weighted by atomic mass is 9.99. The van der Waals surface area contributed by atoms with Gasteiger partial charge in [-0.1, -0.05) is 161 Å². The molecule has 0 spiro atoms. The van der Waals surface area contributed by atoms with E-state index in [0.29, 0.717) is 0 Å². The van der Waals surface area contributed by atoms with Crippen molar-refractivity contribution in [3.05, 3.63) is 12.2 Å². The second kappa shape index (κ2) is 29.9. The number of rotatable bonds is 29. The van der Waals surface area contributed by atoms with Crippen LogP contribution in [0, 0.1) is 0 Å². The van der Waals surface area contributed by atoms with E-state index in [1.165, 1.54) is 173 Å². The van der Waals surface area contributed by atoms with Crippen LogP contribution >= 0.6 is 0 Å². The number of hydrogen-bond acceptors (Lipinski definition) is 1. The van der Waals surface area contributed by atoms with Gasteiger partial charge in [0.05, 0.1) is 0 Å². The Labute approximate surface area is 224 Å². The average Bonchev–Trinajstić information content (AvgIpc) is 2.85. The molecule has 0 bridgehead atoms. The third-order valence-electron chi connectivity index (χ3n) is 7.92. The zero-order chi connectivity index (χ0) is 25.7. The van der Waals surface area contributed by atoms with Gasteiger partial charge in [-0.15, -0.1) is 0 Å². The Morgan fingerprint density at radius 1 is 0.400 bits per heavy atom. The van der Waals surface area contributed by atoms with E-state index in [4.69, 9.17) is 0 Å². The summed E-state index contributed by atoms with van der Waals surface area (Å²) in [5.74, 6) is 0. The van der Waals surface area contributed by atoms with Gasteiger partial charge in [0.25, 0.3) is 0 Å². The molecule has 0 heterocycles. The van der Waals surface area contributed by atoms with Crippen LogP contribution in [0.3, 0.4) is 0 Å². The molecule has 0 N–H and O–H groups in total. The van der Waals surface area contributed by atoms with Crippen molar-refractivity contribution in [1.82, 2.24) is 4.90 Å². The summed E-state index contributed by atoms with van der Waals surface area (Å²) in [4.78, 5) is 2.49. The molecule has 0 saturated carbocycles. The highest BCUT2D eigenvalue weighted by Crippen LogP contribution is 2.18. The summed E-state index contributed by atoms with van der Waals surface area (Å²) in [7, 11) is 4.59. The van der Waals surface area contributed by atoms with E-state index < -0.39 is 0 Å². The van der Waals surface area contributed by atoms with E-state index in [9.17, 15) is 0 Å². The molecular weight excluding hydrogens is 422 g/mol. The van der Waals surface area contributed by atoms with Gasteiger partial charge in [-0.25, -0.2) is 0 Å².